The first-order valence-electron chi connectivity index (χ1n) is 16.1. The van der Waals surface area contributed by atoms with Gasteiger partial charge in [-0.3, -0.25) is 14.5 Å². The first-order valence-corrected chi connectivity index (χ1v) is 18.0. The molecule has 1 aromatic heterocycles. The zero-order valence-electron chi connectivity index (χ0n) is 27.7. The van der Waals surface area contributed by atoms with E-state index >= 15 is 0 Å². The minimum atomic E-state index is -0.986. The van der Waals surface area contributed by atoms with E-state index in [2.05, 4.69) is 48.3 Å². The molecule has 0 saturated carbocycles. The number of benzene rings is 3. The molecule has 1 saturated heterocycles. The van der Waals surface area contributed by atoms with E-state index in [9.17, 15) is 14.7 Å². The standard InChI is InChI=1S/C37H39N3O6S2/c1-6-44-30-19-25(11-14-29(30)45-16-15-21(2)3)32-31(33(41)26-12-13-28-27(18-26)17-23(5)46-28)34(42)35(43)40(32)36-38-39-37(48-36)47-20-24-9-7-22(4)8-10-24/h7-14,18-19,21,23,32,41H,6,15-17,20H2,1-5H3. The van der Waals surface area contributed by atoms with Gasteiger partial charge in [-0.15, -0.1) is 10.2 Å². The molecule has 3 aromatic carbocycles. The highest BCUT2D eigenvalue weighted by Crippen LogP contribution is 2.46. The minimum Gasteiger partial charge on any atom is -0.507 e. The number of carbonyl (C=O) groups is 2. The molecule has 1 amide bonds. The summed E-state index contributed by atoms with van der Waals surface area (Å²) in [5.74, 6) is 1.08. The number of aromatic nitrogens is 2. The van der Waals surface area contributed by atoms with E-state index in [-0.39, 0.29) is 22.6 Å². The third kappa shape index (κ3) is 7.07. The van der Waals surface area contributed by atoms with Gasteiger partial charge in [-0.1, -0.05) is 72.8 Å². The topological polar surface area (TPSA) is 111 Å². The van der Waals surface area contributed by atoms with Crippen molar-refractivity contribution >= 4 is 45.7 Å². The number of ketones is 1. The first kappa shape index (κ1) is 33.5. The first-order chi connectivity index (χ1) is 23.1. The van der Waals surface area contributed by atoms with Crippen LogP contribution in [0.3, 0.4) is 0 Å². The number of nitrogens with zero attached hydrogens (tertiary/aromatic N) is 3. The summed E-state index contributed by atoms with van der Waals surface area (Å²) >= 11 is 2.74. The van der Waals surface area contributed by atoms with Gasteiger partial charge in [0.25, 0.3) is 5.78 Å². The lowest BCUT2D eigenvalue weighted by atomic mass is 9.94. The molecule has 0 spiro atoms. The van der Waals surface area contributed by atoms with Gasteiger partial charge in [-0.25, -0.2) is 0 Å². The van der Waals surface area contributed by atoms with Crippen molar-refractivity contribution in [3.63, 3.8) is 0 Å². The molecule has 2 unspecified atom stereocenters. The number of aliphatic hydroxyl groups excluding tert-OH is 1. The molecule has 2 atom stereocenters. The van der Waals surface area contributed by atoms with Gasteiger partial charge in [-0.2, -0.15) is 0 Å². The van der Waals surface area contributed by atoms with Gasteiger partial charge >= 0.3 is 5.91 Å². The second kappa shape index (κ2) is 14.4. The maximum absolute atomic E-state index is 13.9. The quantitative estimate of drug-likeness (QED) is 0.0523. The Morgan fingerprint density at radius 1 is 1.06 bits per heavy atom. The molecule has 3 heterocycles. The number of Topliss-reactive ketones (excluding diaryl/α,β-unsaturated/α-hetero) is 1. The molecular weight excluding hydrogens is 647 g/mol. The fourth-order valence-corrected chi connectivity index (χ4v) is 7.57. The van der Waals surface area contributed by atoms with Crippen molar-refractivity contribution in [1.82, 2.24) is 10.2 Å². The third-order valence-electron chi connectivity index (χ3n) is 8.23. The molecule has 6 rings (SSSR count). The van der Waals surface area contributed by atoms with Crippen LogP contribution in [0.5, 0.6) is 17.2 Å². The van der Waals surface area contributed by atoms with Crippen LogP contribution in [0, 0.1) is 12.8 Å². The zero-order chi connectivity index (χ0) is 33.9. The molecule has 1 fully saturated rings. The van der Waals surface area contributed by atoms with Crippen molar-refractivity contribution in [3.8, 4) is 17.2 Å². The van der Waals surface area contributed by atoms with Gasteiger partial charge < -0.3 is 19.3 Å². The molecule has 9 nitrogen and oxygen atoms in total. The smallest absolute Gasteiger partial charge is 0.301 e. The van der Waals surface area contributed by atoms with Gasteiger partial charge in [0.1, 0.15) is 17.6 Å². The fourth-order valence-electron chi connectivity index (χ4n) is 5.74. The SMILES string of the molecule is CCOc1cc(C2C(=C(O)c3ccc4c(c3)CC(C)O4)C(=O)C(=O)N2c2nnc(SCc3ccc(C)cc3)s2)ccc1OCCC(C)C. The van der Waals surface area contributed by atoms with Gasteiger partial charge in [0.05, 0.1) is 24.8 Å². The summed E-state index contributed by atoms with van der Waals surface area (Å²) in [5.41, 5.74) is 4.21. The number of fused-ring (bicyclic) bond motifs is 1. The van der Waals surface area contributed by atoms with Crippen LogP contribution < -0.4 is 19.1 Å². The van der Waals surface area contributed by atoms with Crippen LogP contribution in [-0.2, 0) is 21.8 Å². The Balaban J connectivity index is 1.40. The average molecular weight is 686 g/mol. The van der Waals surface area contributed by atoms with Crippen LogP contribution >= 0.6 is 23.1 Å². The molecule has 0 aliphatic carbocycles. The number of hydrogen-bond donors (Lipinski definition) is 1. The molecule has 4 aromatic rings. The maximum Gasteiger partial charge on any atom is 0.301 e. The van der Waals surface area contributed by atoms with Crippen molar-refractivity contribution in [2.24, 2.45) is 5.92 Å². The van der Waals surface area contributed by atoms with Crippen LogP contribution in [0.2, 0.25) is 0 Å². The van der Waals surface area contributed by atoms with Gasteiger partial charge in [0.2, 0.25) is 5.13 Å². The van der Waals surface area contributed by atoms with Crippen LogP contribution in [0.15, 0.2) is 70.6 Å². The van der Waals surface area contributed by atoms with Crippen molar-refractivity contribution in [3.05, 3.63) is 94.1 Å². The van der Waals surface area contributed by atoms with Gasteiger partial charge in [-0.05, 0) is 80.1 Å². The number of aryl methyl sites for hydroxylation is 1. The largest absolute Gasteiger partial charge is 0.507 e. The lowest BCUT2D eigenvalue weighted by Crippen LogP contribution is -2.29. The Bertz CT molecular complexity index is 1850. The molecule has 2 aliphatic heterocycles. The van der Waals surface area contributed by atoms with E-state index < -0.39 is 17.7 Å². The van der Waals surface area contributed by atoms with E-state index in [1.54, 1.807) is 30.3 Å². The summed E-state index contributed by atoms with van der Waals surface area (Å²) in [7, 11) is 0. The highest BCUT2D eigenvalue weighted by atomic mass is 32.2. The van der Waals surface area contributed by atoms with Gasteiger partial charge in [0, 0.05) is 17.7 Å². The van der Waals surface area contributed by atoms with Gasteiger partial charge in [0.15, 0.2) is 15.8 Å². The highest BCUT2D eigenvalue weighted by molar-refractivity contribution is 8.00. The lowest BCUT2D eigenvalue weighted by Gasteiger charge is -2.24. The molecule has 250 valence electrons. The van der Waals surface area contributed by atoms with Crippen molar-refractivity contribution < 1.29 is 28.9 Å². The number of hydrogen-bond acceptors (Lipinski definition) is 10. The molecule has 48 heavy (non-hydrogen) atoms. The Morgan fingerprint density at radius 2 is 1.85 bits per heavy atom. The Hall–Kier alpha value is -4.35. The van der Waals surface area contributed by atoms with Crippen LogP contribution in [0.25, 0.3) is 5.76 Å². The van der Waals surface area contributed by atoms with Crippen molar-refractivity contribution in [1.29, 1.82) is 0 Å². The van der Waals surface area contributed by atoms with E-state index in [0.29, 0.717) is 58.3 Å². The number of aliphatic hydroxyl groups is 1. The summed E-state index contributed by atoms with van der Waals surface area (Å²) in [6.07, 6.45) is 1.56. The number of ether oxygens (including phenoxy) is 3. The van der Waals surface area contributed by atoms with E-state index in [1.807, 2.05) is 26.8 Å². The summed E-state index contributed by atoms with van der Waals surface area (Å²) < 4.78 is 18.6. The van der Waals surface area contributed by atoms with E-state index in [1.165, 1.54) is 33.6 Å². The zero-order valence-corrected chi connectivity index (χ0v) is 29.3. The lowest BCUT2D eigenvalue weighted by molar-refractivity contribution is -0.132. The monoisotopic (exact) mass is 685 g/mol. The number of carbonyl (C=O) groups excluding carboxylic acids is 2. The number of anilines is 1. The molecule has 11 heteroatoms. The Kier molecular flexibility index (Phi) is 10.1. The summed E-state index contributed by atoms with van der Waals surface area (Å²) in [5, 5.41) is 20.8. The second-order valence-corrected chi connectivity index (χ2v) is 14.6. The van der Waals surface area contributed by atoms with Crippen LogP contribution in [0.4, 0.5) is 5.13 Å². The van der Waals surface area contributed by atoms with E-state index in [4.69, 9.17) is 14.2 Å². The van der Waals surface area contributed by atoms with E-state index in [0.717, 1.165) is 23.3 Å². The van der Waals surface area contributed by atoms with Crippen molar-refractivity contribution in [2.45, 2.75) is 69.7 Å². The minimum absolute atomic E-state index is 0.0108. The van der Waals surface area contributed by atoms with Crippen LogP contribution in [0.1, 0.15) is 68.0 Å². The predicted molar refractivity (Wildman–Crippen MR) is 188 cm³/mol. The van der Waals surface area contributed by atoms with Crippen LogP contribution in [-0.4, -0.2) is 46.3 Å². The highest BCUT2D eigenvalue weighted by Gasteiger charge is 2.48. The Labute approximate surface area is 288 Å². The summed E-state index contributed by atoms with van der Waals surface area (Å²) in [4.78, 5) is 29.1. The molecular formula is C37H39N3O6S2. The number of amides is 1. The fraction of sp³-hybridized carbons (Fsp3) is 0.351. The number of rotatable bonds is 12. The molecule has 2 aliphatic rings. The summed E-state index contributed by atoms with van der Waals surface area (Å²) in [6.45, 7) is 11.1. The average Bonchev–Trinajstić information content (AvgIpc) is 3.75. The maximum atomic E-state index is 13.9. The Morgan fingerprint density at radius 3 is 2.60 bits per heavy atom. The number of thioether (sulfide) groups is 1. The predicted octanol–water partition coefficient (Wildman–Crippen LogP) is 7.91. The molecule has 0 radical (unpaired) electrons. The second-order valence-electron chi connectivity index (χ2n) is 12.4. The molecule has 0 bridgehead atoms. The summed E-state index contributed by atoms with van der Waals surface area (Å²) in [6, 6.07) is 18.0. The van der Waals surface area contributed by atoms with Crippen molar-refractivity contribution in [2.75, 3.05) is 18.1 Å². The third-order valence-corrected chi connectivity index (χ3v) is 10.4. The normalized spacial score (nSPS) is 18.3. The molecule has 1 N–H and O–H groups in total.